The lowest BCUT2D eigenvalue weighted by Gasteiger charge is -2.55. The number of hydrogen-bond acceptors (Lipinski definition) is 6. The fourth-order valence-electron chi connectivity index (χ4n) is 9.49. The molecule has 1 aromatic carbocycles. The van der Waals surface area contributed by atoms with Crippen molar-refractivity contribution in [2.24, 2.45) is 11.3 Å². The Bertz CT molecular complexity index is 1600. The largest absolute Gasteiger partial charge is 0.496 e. The molecular formula is C41H57N5O3. The number of pyridine rings is 1. The van der Waals surface area contributed by atoms with Gasteiger partial charge in [-0.3, -0.25) is 14.4 Å². The van der Waals surface area contributed by atoms with Crippen molar-refractivity contribution >= 4 is 11.7 Å². The maximum atomic E-state index is 14.7. The van der Waals surface area contributed by atoms with Crippen molar-refractivity contribution in [1.29, 1.82) is 0 Å². The maximum Gasteiger partial charge on any atom is 0.231 e. The van der Waals surface area contributed by atoms with Gasteiger partial charge in [-0.05, 0) is 150 Å². The number of methoxy groups -OCH3 is 1. The predicted molar refractivity (Wildman–Crippen MR) is 195 cm³/mol. The molecule has 3 heterocycles. The van der Waals surface area contributed by atoms with Gasteiger partial charge in [0.15, 0.2) is 0 Å². The summed E-state index contributed by atoms with van der Waals surface area (Å²) in [5.41, 5.74) is 4.99. The minimum atomic E-state index is -0.154. The molecule has 264 valence electrons. The molecule has 8 nitrogen and oxygen atoms in total. The molecular weight excluding hydrogens is 610 g/mol. The van der Waals surface area contributed by atoms with Gasteiger partial charge in [0.1, 0.15) is 11.6 Å². The Hall–Kier alpha value is -3.23. The second-order valence-corrected chi connectivity index (χ2v) is 16.9. The number of nitrogens with zero attached hydrogens (tertiary/aromatic N) is 5. The predicted octanol–water partition coefficient (Wildman–Crippen LogP) is 7.66. The number of rotatable bonds is 8. The summed E-state index contributed by atoms with van der Waals surface area (Å²) in [6.45, 7) is 11.3. The van der Waals surface area contributed by atoms with Crippen LogP contribution >= 0.6 is 0 Å². The van der Waals surface area contributed by atoms with Gasteiger partial charge in [-0.15, -0.1) is 0 Å². The van der Waals surface area contributed by atoms with Gasteiger partial charge in [0.2, 0.25) is 5.91 Å². The minimum absolute atomic E-state index is 0.0191. The third-order valence-electron chi connectivity index (χ3n) is 12.9. The Kier molecular flexibility index (Phi) is 9.42. The van der Waals surface area contributed by atoms with Crippen LogP contribution in [-0.4, -0.2) is 69.6 Å². The number of anilines is 1. The molecule has 1 aliphatic heterocycles. The van der Waals surface area contributed by atoms with Gasteiger partial charge in [0.25, 0.3) is 0 Å². The van der Waals surface area contributed by atoms with Crippen LogP contribution in [0.3, 0.4) is 0 Å². The molecule has 0 spiro atoms. The lowest BCUT2D eigenvalue weighted by Crippen LogP contribution is -2.52. The van der Waals surface area contributed by atoms with Crippen LogP contribution in [0.5, 0.6) is 5.75 Å². The van der Waals surface area contributed by atoms with Crippen molar-refractivity contribution in [3.63, 3.8) is 0 Å². The van der Waals surface area contributed by atoms with E-state index in [1.165, 1.54) is 11.1 Å². The molecule has 2 bridgehead atoms. The molecule has 1 saturated heterocycles. The van der Waals surface area contributed by atoms with E-state index in [2.05, 4.69) is 73.1 Å². The Morgan fingerprint density at radius 1 is 0.959 bits per heavy atom. The van der Waals surface area contributed by atoms with Crippen molar-refractivity contribution < 1.29 is 14.6 Å². The smallest absolute Gasteiger partial charge is 0.231 e. The fraction of sp³-hybridized carbons (Fsp3) is 0.634. The number of hydrogen-bond donors (Lipinski definition) is 1. The molecule has 1 N–H and O–H groups in total. The van der Waals surface area contributed by atoms with Gasteiger partial charge >= 0.3 is 0 Å². The number of piperidine rings is 1. The van der Waals surface area contributed by atoms with Gasteiger partial charge < -0.3 is 14.7 Å². The number of amides is 1. The van der Waals surface area contributed by atoms with Crippen LogP contribution in [0.25, 0.3) is 11.1 Å². The maximum absolute atomic E-state index is 14.7. The van der Waals surface area contributed by atoms with E-state index in [9.17, 15) is 9.90 Å². The molecule has 5 aliphatic rings. The van der Waals surface area contributed by atoms with Gasteiger partial charge in [-0.25, -0.2) is 4.98 Å². The number of ether oxygens (including phenoxy) is 1. The first-order valence-electron chi connectivity index (χ1n) is 18.9. The molecule has 0 radical (unpaired) electrons. The second-order valence-electron chi connectivity index (χ2n) is 16.9. The van der Waals surface area contributed by atoms with Crippen LogP contribution in [-0.2, 0) is 15.7 Å². The number of carbonyl (C=O) groups excluding carboxylic acids is 1. The number of likely N-dealkylation sites (tertiary alicyclic amines) is 1. The van der Waals surface area contributed by atoms with Crippen LogP contribution in [0.15, 0.2) is 48.9 Å². The van der Waals surface area contributed by atoms with Crippen LogP contribution in [0.4, 0.5) is 5.82 Å². The van der Waals surface area contributed by atoms with Gasteiger partial charge in [0.05, 0.1) is 24.9 Å². The zero-order chi connectivity index (χ0) is 34.4. The first-order chi connectivity index (χ1) is 23.5. The molecule has 8 rings (SSSR count). The number of fused-ring (bicyclic) bond motifs is 3. The van der Waals surface area contributed by atoms with Crippen molar-refractivity contribution in [1.82, 2.24) is 19.7 Å². The molecule has 1 amide bonds. The summed E-state index contributed by atoms with van der Waals surface area (Å²) in [6.07, 6.45) is 18.3. The number of aliphatic hydroxyl groups is 1. The van der Waals surface area contributed by atoms with E-state index in [0.717, 1.165) is 119 Å². The highest BCUT2D eigenvalue weighted by atomic mass is 16.5. The summed E-state index contributed by atoms with van der Waals surface area (Å²) >= 11 is 0. The normalized spacial score (nSPS) is 28.0. The average Bonchev–Trinajstić information content (AvgIpc) is 3.64. The summed E-state index contributed by atoms with van der Waals surface area (Å²) in [7, 11) is 1.75. The fourth-order valence-corrected chi connectivity index (χ4v) is 9.49. The van der Waals surface area contributed by atoms with E-state index in [1.807, 2.05) is 23.1 Å². The summed E-state index contributed by atoms with van der Waals surface area (Å²) in [6, 6.07) is 11.5. The molecule has 0 atom stereocenters. The van der Waals surface area contributed by atoms with E-state index in [1.54, 1.807) is 7.11 Å². The Morgan fingerprint density at radius 2 is 1.65 bits per heavy atom. The minimum Gasteiger partial charge on any atom is -0.496 e. The third kappa shape index (κ3) is 6.92. The quantitative estimate of drug-likeness (QED) is 0.266. The first-order valence-corrected chi connectivity index (χ1v) is 18.9. The number of benzene rings is 1. The Labute approximate surface area is 293 Å². The third-order valence-corrected chi connectivity index (χ3v) is 12.9. The van der Waals surface area contributed by atoms with Crippen molar-refractivity contribution in [3.05, 3.63) is 60.0 Å². The number of aryl methyl sites for hydroxylation is 1. The van der Waals surface area contributed by atoms with Crippen LogP contribution < -0.4 is 9.64 Å². The first kappa shape index (κ1) is 34.2. The average molecular weight is 668 g/mol. The Morgan fingerprint density at radius 3 is 2.27 bits per heavy atom. The molecule has 4 saturated carbocycles. The standard InChI is InChI=1S/C41H57N5O3/c1-29-24-33(8-11-36(29)49-5)41-18-15-40(16-19-41,17-20-41)28-45(37-25-31(12-21-42-37)32-26-43-46(27-32)39(2,3)4)38(48)30-6-9-34(10-7-30)44-22-13-35(47)14-23-44/h8,11-12,21,24-27,30,34-35,47H,6-7,9-10,13-20,22-23,28H2,1-5H3. The summed E-state index contributed by atoms with van der Waals surface area (Å²) in [5.74, 6) is 2.01. The van der Waals surface area contributed by atoms with Gasteiger partial charge in [0, 0.05) is 49.6 Å². The summed E-state index contributed by atoms with van der Waals surface area (Å²) in [4.78, 5) is 24.3. The highest BCUT2D eigenvalue weighted by molar-refractivity contribution is 5.95. The zero-order valence-electron chi connectivity index (χ0n) is 30.5. The van der Waals surface area contributed by atoms with E-state index >= 15 is 0 Å². The molecule has 49 heavy (non-hydrogen) atoms. The monoisotopic (exact) mass is 667 g/mol. The number of aliphatic hydroxyl groups excluding tert-OH is 1. The molecule has 3 aromatic rings. The summed E-state index contributed by atoms with van der Waals surface area (Å²) in [5, 5.41) is 14.7. The number of aromatic nitrogens is 3. The van der Waals surface area contributed by atoms with Gasteiger partial charge in [-0.2, -0.15) is 5.10 Å². The second kappa shape index (κ2) is 13.5. The number of carbonyl (C=O) groups is 1. The highest BCUT2D eigenvalue weighted by Crippen LogP contribution is 2.58. The Balaban J connectivity index is 1.12. The molecule has 2 aromatic heterocycles. The molecule has 4 aliphatic carbocycles. The molecule has 5 fully saturated rings. The molecule has 8 heteroatoms. The van der Waals surface area contributed by atoms with Crippen LogP contribution in [0.1, 0.15) is 109 Å². The topological polar surface area (TPSA) is 83.7 Å². The lowest BCUT2D eigenvalue weighted by atomic mass is 9.51. The van der Waals surface area contributed by atoms with Crippen molar-refractivity contribution in [3.8, 4) is 16.9 Å². The van der Waals surface area contributed by atoms with Crippen molar-refractivity contribution in [2.75, 3.05) is 31.6 Å². The SMILES string of the molecule is COc1ccc(C23CCC(CN(C(=O)C4CCC(N5CCC(O)CC5)CC4)c4cc(-c5cnn(C(C)(C)C)c5)ccn4)(CC2)CC3)cc1C. The van der Waals surface area contributed by atoms with Gasteiger partial charge in [-0.1, -0.05) is 12.1 Å². The van der Waals surface area contributed by atoms with Crippen molar-refractivity contribution in [2.45, 2.75) is 128 Å². The van der Waals surface area contributed by atoms with E-state index in [-0.39, 0.29) is 34.3 Å². The van der Waals surface area contributed by atoms with E-state index < -0.39 is 0 Å². The van der Waals surface area contributed by atoms with Crippen LogP contribution in [0.2, 0.25) is 0 Å². The zero-order valence-corrected chi connectivity index (χ0v) is 30.5. The van der Waals surface area contributed by atoms with Crippen LogP contribution in [0, 0.1) is 18.3 Å². The molecule has 0 unspecified atom stereocenters. The van der Waals surface area contributed by atoms with E-state index in [0.29, 0.717) is 6.04 Å². The summed E-state index contributed by atoms with van der Waals surface area (Å²) < 4.78 is 7.58. The highest BCUT2D eigenvalue weighted by Gasteiger charge is 2.51. The lowest BCUT2D eigenvalue weighted by molar-refractivity contribution is -0.124. The van der Waals surface area contributed by atoms with E-state index in [4.69, 9.17) is 9.72 Å².